The van der Waals surface area contributed by atoms with Crippen LogP contribution in [-0.4, -0.2) is 37.7 Å². The van der Waals surface area contributed by atoms with Crippen molar-refractivity contribution in [2.24, 2.45) is 0 Å². The highest BCUT2D eigenvalue weighted by Crippen LogP contribution is 2.27. The van der Waals surface area contributed by atoms with Gasteiger partial charge in [0, 0.05) is 13.2 Å². The molecule has 0 fully saturated rings. The summed E-state index contributed by atoms with van der Waals surface area (Å²) >= 11 is 0. The Morgan fingerprint density at radius 1 is 1.25 bits per heavy atom. The summed E-state index contributed by atoms with van der Waals surface area (Å²) in [5, 5.41) is 17.3. The maximum absolute atomic E-state index is 12.9. The summed E-state index contributed by atoms with van der Waals surface area (Å²) in [6.45, 7) is 0.537. The summed E-state index contributed by atoms with van der Waals surface area (Å²) in [6, 6.07) is 3.46. The Labute approximate surface area is 92.5 Å². The molecule has 0 spiro atoms. The number of benzene rings is 1. The fourth-order valence-corrected chi connectivity index (χ4v) is 1.04. The molecule has 0 aromatic heterocycles. The minimum atomic E-state index is -1.98. The first-order chi connectivity index (χ1) is 7.63. The van der Waals surface area contributed by atoms with Gasteiger partial charge in [0.15, 0.2) is 5.75 Å². The number of halogens is 1. The van der Waals surface area contributed by atoms with E-state index in [9.17, 15) is 4.39 Å². The van der Waals surface area contributed by atoms with Gasteiger partial charge in [-0.15, -0.1) is 0 Å². The average molecular weight is 230 g/mol. The van der Waals surface area contributed by atoms with E-state index in [-0.39, 0.29) is 18.1 Å². The minimum Gasteiger partial charge on any atom is -0.509 e. The van der Waals surface area contributed by atoms with E-state index in [1.54, 1.807) is 0 Å². The molecule has 5 nitrogen and oxygen atoms in total. The summed E-state index contributed by atoms with van der Waals surface area (Å²) in [5.41, 5.74) is 0. The maximum atomic E-state index is 12.9. The van der Waals surface area contributed by atoms with Crippen molar-refractivity contribution in [2.45, 2.75) is 0 Å². The quantitative estimate of drug-likeness (QED) is 0.539. The Morgan fingerprint density at radius 2 is 2.00 bits per heavy atom. The lowest BCUT2D eigenvalue weighted by atomic mass is 10.2. The van der Waals surface area contributed by atoms with Crippen LogP contribution in [0.25, 0.3) is 0 Å². The second kappa shape index (κ2) is 6.31. The highest BCUT2D eigenvalue weighted by atomic mass is 19.1. The van der Waals surface area contributed by atoms with E-state index >= 15 is 0 Å². The van der Waals surface area contributed by atoms with Gasteiger partial charge in [-0.1, -0.05) is 0 Å². The highest BCUT2D eigenvalue weighted by Gasteiger charge is 2.15. The molecule has 16 heavy (non-hydrogen) atoms. The number of hydrogen-bond donors (Lipinski definition) is 2. The molecule has 7 heteroatoms. The number of hydrogen-bond acceptors (Lipinski definition) is 5. The van der Waals surface area contributed by atoms with E-state index in [2.05, 4.69) is 4.65 Å². The monoisotopic (exact) mass is 230 g/mol. The van der Waals surface area contributed by atoms with Crippen LogP contribution in [-0.2, 0) is 4.74 Å². The van der Waals surface area contributed by atoms with Crippen LogP contribution in [0.2, 0.25) is 0 Å². The Bertz CT molecular complexity index is 334. The molecule has 0 bridgehead atoms. The second-order valence-electron chi connectivity index (χ2n) is 2.88. The van der Waals surface area contributed by atoms with Gasteiger partial charge < -0.3 is 24.2 Å². The van der Waals surface area contributed by atoms with Crippen LogP contribution in [0.15, 0.2) is 18.2 Å². The summed E-state index contributed by atoms with van der Waals surface area (Å²) in [5.74, 6) is -0.371. The van der Waals surface area contributed by atoms with Crippen molar-refractivity contribution in [3.8, 4) is 11.5 Å². The molecule has 0 aliphatic heterocycles. The predicted octanol–water partition coefficient (Wildman–Crippen LogP) is 0.199. The second-order valence-corrected chi connectivity index (χ2v) is 2.88. The van der Waals surface area contributed by atoms with Crippen molar-refractivity contribution >= 4 is 7.32 Å². The van der Waals surface area contributed by atoms with Crippen LogP contribution in [0.3, 0.4) is 0 Å². The third-order valence-electron chi connectivity index (χ3n) is 1.68. The smallest absolute Gasteiger partial charge is 0.509 e. The molecule has 0 unspecified atom stereocenters. The average Bonchev–Trinajstić information content (AvgIpc) is 2.22. The van der Waals surface area contributed by atoms with Crippen molar-refractivity contribution in [1.29, 1.82) is 0 Å². The third kappa shape index (κ3) is 4.05. The highest BCUT2D eigenvalue weighted by molar-refractivity contribution is 6.33. The fraction of sp³-hybridized carbons (Fsp3) is 0.333. The topological polar surface area (TPSA) is 68.2 Å². The molecule has 0 amide bonds. The summed E-state index contributed by atoms with van der Waals surface area (Å²) in [4.78, 5) is 0. The minimum absolute atomic E-state index is 0.0486. The van der Waals surface area contributed by atoms with Gasteiger partial charge in [0.05, 0.1) is 6.61 Å². The maximum Gasteiger partial charge on any atom is 0.707 e. The van der Waals surface area contributed by atoms with Gasteiger partial charge in [-0.3, -0.25) is 0 Å². The number of rotatable bonds is 6. The standard InChI is InChI=1S/C9H12BFO5/c1-14-4-5-15-9-6-7(11)2-3-8(9)16-10(12)13/h2-3,6,12-13H,4-5H2,1H3. The summed E-state index contributed by atoms with van der Waals surface area (Å²) < 4.78 is 27.4. The van der Waals surface area contributed by atoms with E-state index in [4.69, 9.17) is 19.5 Å². The molecule has 0 saturated carbocycles. The Morgan fingerprint density at radius 3 is 2.62 bits per heavy atom. The van der Waals surface area contributed by atoms with E-state index in [0.29, 0.717) is 6.61 Å². The first-order valence-corrected chi connectivity index (χ1v) is 4.57. The van der Waals surface area contributed by atoms with Crippen molar-refractivity contribution in [3.05, 3.63) is 24.0 Å². The zero-order chi connectivity index (χ0) is 12.0. The molecule has 0 atom stereocenters. The van der Waals surface area contributed by atoms with Gasteiger partial charge in [-0.2, -0.15) is 0 Å². The number of ether oxygens (including phenoxy) is 2. The molecule has 1 rings (SSSR count). The van der Waals surface area contributed by atoms with Crippen LogP contribution in [0.1, 0.15) is 0 Å². The first-order valence-electron chi connectivity index (χ1n) is 4.57. The van der Waals surface area contributed by atoms with Crippen molar-refractivity contribution in [3.63, 3.8) is 0 Å². The summed E-state index contributed by atoms with van der Waals surface area (Å²) in [6.07, 6.45) is 0. The van der Waals surface area contributed by atoms with Gasteiger partial charge in [-0.25, -0.2) is 4.39 Å². The first kappa shape index (κ1) is 12.8. The molecule has 1 aromatic rings. The van der Waals surface area contributed by atoms with Crippen molar-refractivity contribution in [1.82, 2.24) is 0 Å². The van der Waals surface area contributed by atoms with Gasteiger partial charge in [-0.05, 0) is 12.1 Å². The Hall–Kier alpha value is -1.31. The van der Waals surface area contributed by atoms with E-state index in [0.717, 1.165) is 12.1 Å². The van der Waals surface area contributed by atoms with Gasteiger partial charge in [0.2, 0.25) is 0 Å². The molecular weight excluding hydrogens is 218 g/mol. The van der Waals surface area contributed by atoms with E-state index in [1.165, 1.54) is 13.2 Å². The molecule has 0 saturated heterocycles. The molecule has 0 heterocycles. The molecule has 88 valence electrons. The molecular formula is C9H12BFO5. The van der Waals surface area contributed by atoms with Crippen LogP contribution >= 0.6 is 0 Å². The molecule has 0 aliphatic rings. The lowest BCUT2D eigenvalue weighted by Gasteiger charge is -2.12. The number of methoxy groups -OCH3 is 1. The van der Waals surface area contributed by atoms with Crippen LogP contribution < -0.4 is 9.39 Å². The largest absolute Gasteiger partial charge is 0.707 e. The SMILES string of the molecule is COCCOc1cc(F)ccc1OB(O)O. The Kier molecular flexibility index (Phi) is 5.04. The summed E-state index contributed by atoms with van der Waals surface area (Å²) in [7, 11) is -0.473. The van der Waals surface area contributed by atoms with Gasteiger partial charge in [0.25, 0.3) is 0 Å². The van der Waals surface area contributed by atoms with Crippen molar-refractivity contribution < 1.29 is 28.6 Å². The van der Waals surface area contributed by atoms with Crippen LogP contribution in [0.5, 0.6) is 11.5 Å². The zero-order valence-electron chi connectivity index (χ0n) is 8.72. The van der Waals surface area contributed by atoms with Crippen LogP contribution in [0, 0.1) is 5.82 Å². The molecule has 1 aromatic carbocycles. The fourth-order valence-electron chi connectivity index (χ4n) is 1.04. The predicted molar refractivity (Wildman–Crippen MR) is 54.6 cm³/mol. The lowest BCUT2D eigenvalue weighted by Crippen LogP contribution is -2.21. The zero-order valence-corrected chi connectivity index (χ0v) is 8.72. The normalized spacial score (nSPS) is 10.0. The van der Waals surface area contributed by atoms with E-state index in [1.807, 2.05) is 0 Å². The van der Waals surface area contributed by atoms with Crippen LogP contribution in [0.4, 0.5) is 4.39 Å². The molecule has 0 aliphatic carbocycles. The molecule has 2 N–H and O–H groups in total. The van der Waals surface area contributed by atoms with Gasteiger partial charge >= 0.3 is 7.32 Å². The Balaban J connectivity index is 2.73. The third-order valence-corrected chi connectivity index (χ3v) is 1.68. The van der Waals surface area contributed by atoms with E-state index < -0.39 is 13.1 Å². The van der Waals surface area contributed by atoms with Gasteiger partial charge in [0.1, 0.15) is 18.2 Å². The lowest BCUT2D eigenvalue weighted by molar-refractivity contribution is 0.144. The molecule has 0 radical (unpaired) electrons. The van der Waals surface area contributed by atoms with Crippen molar-refractivity contribution in [2.75, 3.05) is 20.3 Å².